The monoisotopic (exact) mass is 248 g/mol. The van der Waals surface area contributed by atoms with Crippen molar-refractivity contribution in [3.63, 3.8) is 0 Å². The molecule has 0 bridgehead atoms. The van der Waals surface area contributed by atoms with Gasteiger partial charge in [-0.05, 0) is 28.6 Å². The van der Waals surface area contributed by atoms with E-state index in [2.05, 4.69) is 25.6 Å². The van der Waals surface area contributed by atoms with Crippen molar-refractivity contribution in [2.45, 2.75) is 0 Å². The largest absolute Gasteiger partial charge is 0.434 e. The molecular formula is C9H5ClN6O. The molecule has 0 spiro atoms. The van der Waals surface area contributed by atoms with Crippen LogP contribution in [0.25, 0.3) is 5.65 Å². The summed E-state index contributed by atoms with van der Waals surface area (Å²) in [7, 11) is 0. The molecule has 3 aromatic heterocycles. The highest BCUT2D eigenvalue weighted by atomic mass is 35.5. The number of nitrogens with zero attached hydrogens (tertiary/aromatic N) is 6. The van der Waals surface area contributed by atoms with Crippen LogP contribution in [0.5, 0.6) is 11.6 Å². The molecule has 84 valence electrons. The Morgan fingerprint density at radius 1 is 1.24 bits per heavy atom. The summed E-state index contributed by atoms with van der Waals surface area (Å²) in [5.41, 5.74) is 0.537. The summed E-state index contributed by atoms with van der Waals surface area (Å²) in [4.78, 5) is 3.89. The molecule has 0 amide bonds. The van der Waals surface area contributed by atoms with Crippen LogP contribution in [0.4, 0.5) is 0 Å². The number of hydrogen-bond acceptors (Lipinski definition) is 6. The molecule has 0 aliphatic heterocycles. The van der Waals surface area contributed by atoms with Gasteiger partial charge in [-0.2, -0.15) is 0 Å². The van der Waals surface area contributed by atoms with Crippen LogP contribution < -0.4 is 4.74 Å². The molecule has 0 unspecified atom stereocenters. The molecule has 3 rings (SSSR count). The first kappa shape index (κ1) is 9.91. The van der Waals surface area contributed by atoms with Crippen LogP contribution in [0.15, 0.2) is 30.5 Å². The SMILES string of the molecule is Clc1ncccc1Oc1ccc2nnnn2n1. The minimum absolute atomic E-state index is 0.270. The highest BCUT2D eigenvalue weighted by Gasteiger charge is 2.06. The van der Waals surface area contributed by atoms with Gasteiger partial charge in [-0.25, -0.2) is 4.98 Å². The van der Waals surface area contributed by atoms with Gasteiger partial charge in [-0.1, -0.05) is 11.6 Å². The maximum Gasteiger partial charge on any atom is 0.239 e. The van der Waals surface area contributed by atoms with Gasteiger partial charge in [0.1, 0.15) is 0 Å². The van der Waals surface area contributed by atoms with Crippen molar-refractivity contribution in [2.24, 2.45) is 0 Å². The van der Waals surface area contributed by atoms with Crippen LogP contribution in [0.3, 0.4) is 0 Å². The van der Waals surface area contributed by atoms with E-state index in [-0.39, 0.29) is 5.15 Å². The van der Waals surface area contributed by atoms with Crippen molar-refractivity contribution in [3.8, 4) is 11.6 Å². The molecule has 0 radical (unpaired) electrons. The average molecular weight is 249 g/mol. The summed E-state index contributed by atoms with van der Waals surface area (Å²) in [6.07, 6.45) is 1.58. The zero-order valence-corrected chi connectivity index (χ0v) is 9.11. The van der Waals surface area contributed by atoms with Gasteiger partial charge in [0.25, 0.3) is 0 Å². The number of tetrazole rings is 1. The lowest BCUT2D eigenvalue weighted by Crippen LogP contribution is -1.97. The maximum atomic E-state index is 5.86. The molecule has 17 heavy (non-hydrogen) atoms. The summed E-state index contributed by atoms with van der Waals surface area (Å²) in [5, 5.41) is 15.2. The normalized spacial score (nSPS) is 10.6. The Morgan fingerprint density at radius 3 is 3.06 bits per heavy atom. The molecule has 0 saturated carbocycles. The number of halogens is 1. The minimum Gasteiger partial charge on any atom is -0.434 e. The minimum atomic E-state index is 0.270. The number of ether oxygens (including phenoxy) is 1. The molecule has 0 N–H and O–H groups in total. The van der Waals surface area contributed by atoms with Crippen molar-refractivity contribution >= 4 is 17.2 Å². The van der Waals surface area contributed by atoms with Gasteiger partial charge in [-0.15, -0.1) is 14.8 Å². The van der Waals surface area contributed by atoms with E-state index in [1.165, 1.54) is 4.63 Å². The lowest BCUT2D eigenvalue weighted by atomic mass is 10.4. The number of fused-ring (bicyclic) bond motifs is 1. The molecule has 0 aliphatic rings. The molecule has 0 aliphatic carbocycles. The van der Waals surface area contributed by atoms with E-state index >= 15 is 0 Å². The first-order chi connectivity index (χ1) is 8.33. The Bertz CT molecular complexity index is 669. The number of pyridine rings is 1. The molecule has 7 nitrogen and oxygen atoms in total. The second-order valence-electron chi connectivity index (χ2n) is 3.09. The van der Waals surface area contributed by atoms with E-state index < -0.39 is 0 Å². The Kier molecular flexibility index (Phi) is 2.30. The third kappa shape index (κ3) is 1.87. The van der Waals surface area contributed by atoms with E-state index in [0.717, 1.165) is 0 Å². The molecule has 0 atom stereocenters. The van der Waals surface area contributed by atoms with Gasteiger partial charge >= 0.3 is 0 Å². The first-order valence-electron chi connectivity index (χ1n) is 4.67. The first-order valence-corrected chi connectivity index (χ1v) is 5.04. The summed E-state index contributed by atoms with van der Waals surface area (Å²) in [6, 6.07) is 6.75. The molecular weight excluding hydrogens is 244 g/mol. The van der Waals surface area contributed by atoms with Gasteiger partial charge in [0.15, 0.2) is 16.5 Å². The lowest BCUT2D eigenvalue weighted by molar-refractivity contribution is 0.445. The Morgan fingerprint density at radius 2 is 2.18 bits per heavy atom. The second kappa shape index (κ2) is 3.95. The van der Waals surface area contributed by atoms with Crippen LogP contribution in [-0.2, 0) is 0 Å². The third-order valence-corrected chi connectivity index (χ3v) is 2.27. The summed E-state index contributed by atoms with van der Waals surface area (Å²) < 4.78 is 6.73. The fraction of sp³-hybridized carbons (Fsp3) is 0. The van der Waals surface area contributed by atoms with Crippen molar-refractivity contribution < 1.29 is 4.74 Å². The molecule has 0 aromatic carbocycles. The van der Waals surface area contributed by atoms with E-state index in [4.69, 9.17) is 16.3 Å². The number of rotatable bonds is 2. The topological polar surface area (TPSA) is 78.1 Å². The Balaban J connectivity index is 1.97. The zero-order valence-electron chi connectivity index (χ0n) is 8.36. The van der Waals surface area contributed by atoms with Crippen LogP contribution >= 0.6 is 11.6 Å². The maximum absolute atomic E-state index is 5.86. The van der Waals surface area contributed by atoms with Gasteiger partial charge in [0.05, 0.1) is 0 Å². The molecule has 3 heterocycles. The second-order valence-corrected chi connectivity index (χ2v) is 3.45. The molecule has 0 fully saturated rings. The van der Waals surface area contributed by atoms with Crippen LogP contribution in [0.2, 0.25) is 5.15 Å². The number of aromatic nitrogens is 6. The van der Waals surface area contributed by atoms with Crippen molar-refractivity contribution in [1.82, 2.24) is 30.2 Å². The Labute approximate surface area is 100.0 Å². The van der Waals surface area contributed by atoms with E-state index in [1.54, 1.807) is 30.5 Å². The summed E-state index contributed by atoms with van der Waals surface area (Å²) in [6.45, 7) is 0. The van der Waals surface area contributed by atoms with Gasteiger partial charge in [0, 0.05) is 12.3 Å². The fourth-order valence-electron chi connectivity index (χ4n) is 1.25. The third-order valence-electron chi connectivity index (χ3n) is 1.98. The average Bonchev–Trinajstić information content (AvgIpc) is 2.79. The lowest BCUT2D eigenvalue weighted by Gasteiger charge is -2.04. The summed E-state index contributed by atoms with van der Waals surface area (Å²) in [5.74, 6) is 0.758. The quantitative estimate of drug-likeness (QED) is 0.637. The van der Waals surface area contributed by atoms with Crippen molar-refractivity contribution in [2.75, 3.05) is 0 Å². The standard InChI is InChI=1S/C9H5ClN6O/c10-9-6(2-1-5-11-9)17-8-4-3-7-12-14-15-16(7)13-8/h1-5H. The van der Waals surface area contributed by atoms with Crippen molar-refractivity contribution in [1.29, 1.82) is 0 Å². The van der Waals surface area contributed by atoms with E-state index in [1.807, 2.05) is 0 Å². The molecule has 8 heteroatoms. The van der Waals surface area contributed by atoms with Gasteiger partial charge in [-0.3, -0.25) is 0 Å². The van der Waals surface area contributed by atoms with E-state index in [9.17, 15) is 0 Å². The molecule has 0 saturated heterocycles. The fourth-order valence-corrected chi connectivity index (χ4v) is 1.41. The van der Waals surface area contributed by atoms with Crippen LogP contribution in [0, 0.1) is 0 Å². The Hall–Kier alpha value is -2.28. The van der Waals surface area contributed by atoms with Crippen molar-refractivity contribution in [3.05, 3.63) is 35.6 Å². The van der Waals surface area contributed by atoms with E-state index in [0.29, 0.717) is 17.3 Å². The predicted octanol–water partition coefficient (Wildman–Crippen LogP) is 1.36. The highest BCUT2D eigenvalue weighted by Crippen LogP contribution is 2.25. The van der Waals surface area contributed by atoms with Crippen LogP contribution in [0.1, 0.15) is 0 Å². The van der Waals surface area contributed by atoms with Crippen LogP contribution in [-0.4, -0.2) is 30.2 Å². The van der Waals surface area contributed by atoms with Gasteiger partial charge < -0.3 is 4.74 Å². The zero-order chi connectivity index (χ0) is 11.7. The van der Waals surface area contributed by atoms with Gasteiger partial charge in [0.2, 0.25) is 5.88 Å². The number of hydrogen-bond donors (Lipinski definition) is 0. The molecule has 3 aromatic rings. The highest BCUT2D eigenvalue weighted by molar-refractivity contribution is 6.30. The predicted molar refractivity (Wildman–Crippen MR) is 57.9 cm³/mol. The smallest absolute Gasteiger partial charge is 0.239 e. The summed E-state index contributed by atoms with van der Waals surface area (Å²) >= 11 is 5.86.